The van der Waals surface area contributed by atoms with Gasteiger partial charge in [-0.05, 0) is 37.8 Å². The van der Waals surface area contributed by atoms with Crippen LogP contribution < -0.4 is 20.3 Å². The number of methoxy groups -OCH3 is 2. The fourth-order valence-electron chi connectivity index (χ4n) is 3.13. The molecule has 1 atom stereocenters. The molecule has 0 radical (unpaired) electrons. The molecule has 1 aromatic rings. The van der Waals surface area contributed by atoms with Crippen molar-refractivity contribution in [3.63, 3.8) is 0 Å². The molecule has 140 valence electrons. The van der Waals surface area contributed by atoms with Crippen LogP contribution >= 0.6 is 0 Å². The van der Waals surface area contributed by atoms with Crippen molar-refractivity contribution in [1.29, 1.82) is 0 Å². The van der Waals surface area contributed by atoms with E-state index in [0.717, 1.165) is 62.9 Å². The molecule has 25 heavy (non-hydrogen) atoms. The van der Waals surface area contributed by atoms with Crippen molar-refractivity contribution in [2.75, 3.05) is 52.4 Å². The van der Waals surface area contributed by atoms with E-state index in [2.05, 4.69) is 32.7 Å². The summed E-state index contributed by atoms with van der Waals surface area (Å²) in [5, 5.41) is 6.94. The predicted molar refractivity (Wildman–Crippen MR) is 104 cm³/mol. The van der Waals surface area contributed by atoms with E-state index in [1.165, 1.54) is 6.42 Å². The van der Waals surface area contributed by atoms with Gasteiger partial charge in [0.15, 0.2) is 5.96 Å². The second kappa shape index (κ2) is 10.8. The average molecular weight is 348 g/mol. The van der Waals surface area contributed by atoms with Crippen LogP contribution in [-0.4, -0.2) is 59.5 Å². The number of nitrogens with one attached hydrogen (secondary N) is 2. The van der Waals surface area contributed by atoms with Crippen LogP contribution in [0.3, 0.4) is 0 Å². The van der Waals surface area contributed by atoms with Gasteiger partial charge in [-0.3, -0.25) is 4.99 Å². The highest BCUT2D eigenvalue weighted by atomic mass is 16.5. The Balaban J connectivity index is 1.75. The van der Waals surface area contributed by atoms with Crippen LogP contribution in [0.4, 0.5) is 5.69 Å². The van der Waals surface area contributed by atoms with Crippen LogP contribution in [0.1, 0.15) is 25.7 Å². The minimum Gasteiger partial charge on any atom is -0.495 e. The van der Waals surface area contributed by atoms with Crippen LogP contribution in [0.15, 0.2) is 29.3 Å². The van der Waals surface area contributed by atoms with Gasteiger partial charge in [0.2, 0.25) is 0 Å². The van der Waals surface area contributed by atoms with Gasteiger partial charge in [-0.2, -0.15) is 0 Å². The van der Waals surface area contributed by atoms with Crippen LogP contribution in [0, 0.1) is 0 Å². The maximum atomic E-state index is 5.48. The van der Waals surface area contributed by atoms with E-state index >= 15 is 0 Å². The number of para-hydroxylation sites is 2. The Morgan fingerprint density at radius 2 is 2.08 bits per heavy atom. The van der Waals surface area contributed by atoms with E-state index in [1.54, 1.807) is 14.2 Å². The fraction of sp³-hybridized carbons (Fsp3) is 0.632. The molecule has 0 aromatic heterocycles. The van der Waals surface area contributed by atoms with Crippen molar-refractivity contribution in [2.45, 2.75) is 31.7 Å². The molecule has 6 nitrogen and oxygen atoms in total. The first kappa shape index (κ1) is 19.4. The molecule has 0 bridgehead atoms. The van der Waals surface area contributed by atoms with E-state index in [4.69, 9.17) is 9.47 Å². The molecule has 1 fully saturated rings. The number of aliphatic imine (C=N–C) groups is 1. The van der Waals surface area contributed by atoms with Gasteiger partial charge in [0.25, 0.3) is 0 Å². The van der Waals surface area contributed by atoms with Crippen LogP contribution in [0.5, 0.6) is 5.75 Å². The summed E-state index contributed by atoms with van der Waals surface area (Å²) in [6, 6.07) is 8.59. The Morgan fingerprint density at radius 1 is 1.24 bits per heavy atom. The lowest BCUT2D eigenvalue weighted by Crippen LogP contribution is -2.44. The second-order valence-electron chi connectivity index (χ2n) is 6.30. The molecule has 2 rings (SSSR count). The summed E-state index contributed by atoms with van der Waals surface area (Å²) in [7, 11) is 5.30. The molecule has 0 spiro atoms. The molecule has 1 heterocycles. The van der Waals surface area contributed by atoms with Crippen LogP contribution in [0.2, 0.25) is 0 Å². The lowest BCUT2D eigenvalue weighted by atomic mass is 10.2. The molecule has 1 aromatic carbocycles. The Hall–Kier alpha value is -1.95. The lowest BCUT2D eigenvalue weighted by molar-refractivity contribution is 0.192. The summed E-state index contributed by atoms with van der Waals surface area (Å²) in [5.41, 5.74) is 1.16. The first-order valence-electron chi connectivity index (χ1n) is 9.12. The maximum absolute atomic E-state index is 5.48. The number of rotatable bonds is 9. The normalized spacial score (nSPS) is 17.6. The Labute approximate surface area is 151 Å². The summed E-state index contributed by atoms with van der Waals surface area (Å²) < 4.78 is 10.6. The Bertz CT molecular complexity index is 536. The van der Waals surface area contributed by atoms with Crippen molar-refractivity contribution in [3.8, 4) is 5.75 Å². The zero-order valence-corrected chi connectivity index (χ0v) is 15.8. The zero-order chi connectivity index (χ0) is 17.9. The van der Waals surface area contributed by atoms with E-state index in [1.807, 2.05) is 19.2 Å². The van der Waals surface area contributed by atoms with Crippen molar-refractivity contribution in [3.05, 3.63) is 24.3 Å². The first-order valence-corrected chi connectivity index (χ1v) is 9.12. The van der Waals surface area contributed by atoms with Gasteiger partial charge >= 0.3 is 0 Å². The Morgan fingerprint density at radius 3 is 2.84 bits per heavy atom. The number of ether oxygens (including phenoxy) is 2. The number of hydrogen-bond donors (Lipinski definition) is 2. The Kier molecular flexibility index (Phi) is 8.39. The fourth-order valence-corrected chi connectivity index (χ4v) is 3.13. The van der Waals surface area contributed by atoms with E-state index in [-0.39, 0.29) is 0 Å². The summed E-state index contributed by atoms with van der Waals surface area (Å²) in [6.45, 7) is 3.75. The molecular weight excluding hydrogens is 316 g/mol. The molecule has 1 unspecified atom stereocenters. The summed E-state index contributed by atoms with van der Waals surface area (Å²) in [4.78, 5) is 6.71. The largest absolute Gasteiger partial charge is 0.495 e. The van der Waals surface area contributed by atoms with Crippen LogP contribution in [0.25, 0.3) is 0 Å². The molecule has 0 aliphatic carbocycles. The van der Waals surface area contributed by atoms with Gasteiger partial charge in [0.05, 0.1) is 12.8 Å². The smallest absolute Gasteiger partial charge is 0.191 e. The van der Waals surface area contributed by atoms with E-state index < -0.39 is 0 Å². The molecular formula is C19H32N4O2. The predicted octanol–water partition coefficient (Wildman–Crippen LogP) is 2.26. The summed E-state index contributed by atoms with van der Waals surface area (Å²) >= 11 is 0. The van der Waals surface area contributed by atoms with Gasteiger partial charge in [-0.25, -0.2) is 0 Å². The number of anilines is 1. The highest BCUT2D eigenvalue weighted by Crippen LogP contribution is 2.30. The van der Waals surface area contributed by atoms with Crippen molar-refractivity contribution < 1.29 is 9.47 Å². The van der Waals surface area contributed by atoms with Gasteiger partial charge in [0, 0.05) is 46.4 Å². The van der Waals surface area contributed by atoms with Gasteiger partial charge in [0.1, 0.15) is 5.75 Å². The van der Waals surface area contributed by atoms with Crippen LogP contribution in [-0.2, 0) is 4.74 Å². The first-order chi connectivity index (χ1) is 12.3. The third-order valence-electron chi connectivity index (χ3n) is 4.50. The zero-order valence-electron chi connectivity index (χ0n) is 15.8. The quantitative estimate of drug-likeness (QED) is 0.407. The molecule has 6 heteroatoms. The number of nitrogens with zero attached hydrogens (tertiary/aromatic N) is 2. The average Bonchev–Trinajstić information content (AvgIpc) is 3.11. The lowest BCUT2D eigenvalue weighted by Gasteiger charge is -2.22. The van der Waals surface area contributed by atoms with Gasteiger partial charge < -0.3 is 25.0 Å². The monoisotopic (exact) mass is 348 g/mol. The third-order valence-corrected chi connectivity index (χ3v) is 4.50. The summed E-state index contributed by atoms with van der Waals surface area (Å²) in [6.07, 6.45) is 4.50. The molecule has 2 N–H and O–H groups in total. The minimum atomic E-state index is 0.393. The number of benzene rings is 1. The highest BCUT2D eigenvalue weighted by Gasteiger charge is 2.25. The number of hydrogen-bond acceptors (Lipinski definition) is 4. The van der Waals surface area contributed by atoms with Crippen molar-refractivity contribution >= 4 is 11.6 Å². The van der Waals surface area contributed by atoms with Gasteiger partial charge in [-0.1, -0.05) is 12.1 Å². The van der Waals surface area contributed by atoms with E-state index in [9.17, 15) is 0 Å². The second-order valence-corrected chi connectivity index (χ2v) is 6.30. The standard InChI is InChI=1S/C19H32N4O2/c1-20-19(21-12-7-4-8-14-24-2)22-16-11-13-23(15-16)17-9-5-6-10-18(17)25-3/h5-6,9-10,16H,4,7-8,11-15H2,1-3H3,(H2,20,21,22). The molecule has 1 aliphatic rings. The van der Waals surface area contributed by atoms with E-state index in [0.29, 0.717) is 6.04 Å². The SMILES string of the molecule is CN=C(NCCCCCOC)NC1CCN(c2ccccc2OC)C1. The number of unbranched alkanes of at least 4 members (excludes halogenated alkanes) is 2. The van der Waals surface area contributed by atoms with Gasteiger partial charge in [-0.15, -0.1) is 0 Å². The molecule has 1 aliphatic heterocycles. The topological polar surface area (TPSA) is 58.1 Å². The molecule has 0 saturated carbocycles. The minimum absolute atomic E-state index is 0.393. The van der Waals surface area contributed by atoms with Crippen molar-refractivity contribution in [2.24, 2.45) is 4.99 Å². The maximum Gasteiger partial charge on any atom is 0.191 e. The molecule has 1 saturated heterocycles. The summed E-state index contributed by atoms with van der Waals surface area (Å²) in [5.74, 6) is 1.82. The highest BCUT2D eigenvalue weighted by molar-refractivity contribution is 5.80. The number of guanidine groups is 1. The molecule has 0 amide bonds. The third kappa shape index (κ3) is 6.12. The van der Waals surface area contributed by atoms with Crippen molar-refractivity contribution in [1.82, 2.24) is 10.6 Å².